The predicted octanol–water partition coefficient (Wildman–Crippen LogP) is 2.42. The number of carbonyl (C=O) groups excluding carboxylic acids is 1. The molecule has 1 nitrogen and oxygen atoms in total. The van der Waals surface area contributed by atoms with Crippen molar-refractivity contribution < 1.29 is 4.79 Å². The predicted molar refractivity (Wildman–Crippen MR) is 46.3 cm³/mol. The molecule has 0 bridgehead atoms. The molecular weight excluding hydrogens is 136 g/mol. The highest BCUT2D eigenvalue weighted by Gasteiger charge is 2.25. The maximum Gasteiger partial charge on any atom is 0.123 e. The molecule has 0 heterocycles. The summed E-state index contributed by atoms with van der Waals surface area (Å²) >= 11 is 0. The molecule has 0 fully saturated rings. The van der Waals surface area contributed by atoms with Crippen molar-refractivity contribution in [2.24, 2.45) is 17.8 Å². The Hall–Kier alpha value is -0.590. The van der Waals surface area contributed by atoms with E-state index in [1.807, 2.05) is 0 Å². The first-order chi connectivity index (χ1) is 5.15. The van der Waals surface area contributed by atoms with Gasteiger partial charge < -0.3 is 4.79 Å². The van der Waals surface area contributed by atoms with E-state index in [2.05, 4.69) is 26.8 Å². The Balaban J connectivity index is 2.75. The van der Waals surface area contributed by atoms with Crippen molar-refractivity contribution in [3.05, 3.63) is 11.6 Å². The van der Waals surface area contributed by atoms with E-state index in [1.165, 1.54) is 5.57 Å². The topological polar surface area (TPSA) is 17.1 Å². The molecule has 62 valence electrons. The molecule has 1 aliphatic carbocycles. The van der Waals surface area contributed by atoms with Crippen molar-refractivity contribution in [3.8, 4) is 0 Å². The Labute approximate surface area is 68.5 Å². The van der Waals surface area contributed by atoms with Gasteiger partial charge in [0, 0.05) is 5.92 Å². The molecule has 0 aliphatic heterocycles. The molecule has 0 radical (unpaired) electrons. The van der Waals surface area contributed by atoms with Gasteiger partial charge in [-0.2, -0.15) is 0 Å². The first-order valence-electron chi connectivity index (χ1n) is 4.27. The molecule has 1 rings (SSSR count). The van der Waals surface area contributed by atoms with E-state index in [-0.39, 0.29) is 5.92 Å². The summed E-state index contributed by atoms with van der Waals surface area (Å²) in [7, 11) is 0. The van der Waals surface area contributed by atoms with Gasteiger partial charge in [0.25, 0.3) is 0 Å². The van der Waals surface area contributed by atoms with E-state index in [0.29, 0.717) is 11.8 Å². The standard InChI is InChI=1S/C10H16O/c1-7-4-8(2)9(3)10(5-7)6-11/h4,6,8-10H,5H2,1-3H3/t8-,9-,10+/m1/s1. The fourth-order valence-corrected chi connectivity index (χ4v) is 1.79. The van der Waals surface area contributed by atoms with E-state index in [0.717, 1.165) is 12.7 Å². The molecule has 0 aromatic rings. The van der Waals surface area contributed by atoms with Crippen molar-refractivity contribution >= 4 is 6.29 Å². The van der Waals surface area contributed by atoms with Crippen LogP contribution < -0.4 is 0 Å². The van der Waals surface area contributed by atoms with Gasteiger partial charge in [0.15, 0.2) is 0 Å². The highest BCUT2D eigenvalue weighted by Crippen LogP contribution is 2.31. The van der Waals surface area contributed by atoms with Crippen LogP contribution in [0.4, 0.5) is 0 Å². The van der Waals surface area contributed by atoms with Gasteiger partial charge in [0.1, 0.15) is 6.29 Å². The number of hydrogen-bond acceptors (Lipinski definition) is 1. The van der Waals surface area contributed by atoms with Crippen molar-refractivity contribution in [2.75, 3.05) is 0 Å². The Morgan fingerprint density at radius 2 is 2.18 bits per heavy atom. The Bertz CT molecular complexity index is 181. The highest BCUT2D eigenvalue weighted by molar-refractivity contribution is 5.55. The van der Waals surface area contributed by atoms with Crippen molar-refractivity contribution in [3.63, 3.8) is 0 Å². The van der Waals surface area contributed by atoms with Gasteiger partial charge in [0.2, 0.25) is 0 Å². The van der Waals surface area contributed by atoms with Crippen LogP contribution in [0.1, 0.15) is 27.2 Å². The molecule has 0 N–H and O–H groups in total. The van der Waals surface area contributed by atoms with Gasteiger partial charge >= 0.3 is 0 Å². The number of hydrogen-bond donors (Lipinski definition) is 0. The van der Waals surface area contributed by atoms with Gasteiger partial charge in [0.05, 0.1) is 0 Å². The third-order valence-electron chi connectivity index (χ3n) is 2.78. The molecule has 1 heteroatoms. The normalized spacial score (nSPS) is 38.1. The SMILES string of the molecule is CC1=C[C@@H](C)[C@@H](C)[C@H](C=O)C1. The number of rotatable bonds is 1. The first-order valence-corrected chi connectivity index (χ1v) is 4.27. The molecule has 0 amide bonds. The Kier molecular flexibility index (Phi) is 2.48. The van der Waals surface area contributed by atoms with Crippen molar-refractivity contribution in [1.29, 1.82) is 0 Å². The van der Waals surface area contributed by atoms with Crippen molar-refractivity contribution in [2.45, 2.75) is 27.2 Å². The number of aldehydes is 1. The second-order valence-electron chi connectivity index (χ2n) is 3.74. The number of allylic oxidation sites excluding steroid dienone is 2. The van der Waals surface area contributed by atoms with E-state index < -0.39 is 0 Å². The van der Waals surface area contributed by atoms with Crippen molar-refractivity contribution in [1.82, 2.24) is 0 Å². The third-order valence-corrected chi connectivity index (χ3v) is 2.78. The van der Waals surface area contributed by atoms with Crippen LogP contribution in [0.3, 0.4) is 0 Å². The highest BCUT2D eigenvalue weighted by atomic mass is 16.1. The average Bonchev–Trinajstić information content (AvgIpc) is 1.96. The molecule has 0 unspecified atom stereocenters. The summed E-state index contributed by atoms with van der Waals surface area (Å²) in [6, 6.07) is 0. The lowest BCUT2D eigenvalue weighted by Crippen LogP contribution is -2.23. The van der Waals surface area contributed by atoms with Gasteiger partial charge in [-0.3, -0.25) is 0 Å². The molecule has 0 aromatic heterocycles. The molecule has 0 saturated carbocycles. The lowest BCUT2D eigenvalue weighted by atomic mass is 9.76. The van der Waals surface area contributed by atoms with Gasteiger partial charge in [-0.1, -0.05) is 25.5 Å². The third kappa shape index (κ3) is 1.70. The van der Waals surface area contributed by atoms with Crippen LogP contribution in [0, 0.1) is 17.8 Å². The molecule has 0 spiro atoms. The summed E-state index contributed by atoms with van der Waals surface area (Å²) < 4.78 is 0. The summed E-state index contributed by atoms with van der Waals surface area (Å²) in [5.74, 6) is 1.35. The smallest absolute Gasteiger partial charge is 0.123 e. The second kappa shape index (κ2) is 3.21. The Morgan fingerprint density at radius 3 is 2.73 bits per heavy atom. The monoisotopic (exact) mass is 152 g/mol. The van der Waals surface area contributed by atoms with Crippen LogP contribution in [0.2, 0.25) is 0 Å². The molecule has 11 heavy (non-hydrogen) atoms. The lowest BCUT2D eigenvalue weighted by Gasteiger charge is -2.28. The van der Waals surface area contributed by atoms with Gasteiger partial charge in [-0.05, 0) is 25.2 Å². The summed E-state index contributed by atoms with van der Waals surface area (Å²) in [6.07, 6.45) is 4.36. The maximum absolute atomic E-state index is 10.6. The number of carbonyl (C=O) groups is 1. The van der Waals surface area contributed by atoms with E-state index in [9.17, 15) is 4.79 Å². The van der Waals surface area contributed by atoms with Gasteiger partial charge in [-0.15, -0.1) is 0 Å². The van der Waals surface area contributed by atoms with Gasteiger partial charge in [-0.25, -0.2) is 0 Å². The molecular formula is C10H16O. The van der Waals surface area contributed by atoms with E-state index >= 15 is 0 Å². The molecule has 0 saturated heterocycles. The maximum atomic E-state index is 10.6. The minimum absolute atomic E-state index is 0.259. The zero-order chi connectivity index (χ0) is 8.43. The van der Waals surface area contributed by atoms with Crippen LogP contribution in [0.25, 0.3) is 0 Å². The van der Waals surface area contributed by atoms with Crippen LogP contribution >= 0.6 is 0 Å². The zero-order valence-electron chi connectivity index (χ0n) is 7.50. The first kappa shape index (κ1) is 8.51. The molecule has 1 aliphatic rings. The fraction of sp³-hybridized carbons (Fsp3) is 0.700. The lowest BCUT2D eigenvalue weighted by molar-refractivity contribution is -0.112. The summed E-state index contributed by atoms with van der Waals surface area (Å²) in [4.78, 5) is 10.6. The largest absolute Gasteiger partial charge is 0.303 e. The van der Waals surface area contributed by atoms with E-state index in [1.54, 1.807) is 0 Å². The fourth-order valence-electron chi connectivity index (χ4n) is 1.79. The van der Waals surface area contributed by atoms with Crippen LogP contribution in [-0.2, 0) is 4.79 Å². The Morgan fingerprint density at radius 1 is 1.55 bits per heavy atom. The summed E-state index contributed by atoms with van der Waals surface area (Å²) in [6.45, 7) is 6.45. The average molecular weight is 152 g/mol. The molecule has 0 aromatic carbocycles. The summed E-state index contributed by atoms with van der Waals surface area (Å²) in [5, 5.41) is 0. The summed E-state index contributed by atoms with van der Waals surface area (Å²) in [5.41, 5.74) is 1.37. The molecule has 3 atom stereocenters. The quantitative estimate of drug-likeness (QED) is 0.416. The minimum atomic E-state index is 0.259. The van der Waals surface area contributed by atoms with Crippen LogP contribution in [0.5, 0.6) is 0 Å². The van der Waals surface area contributed by atoms with Crippen LogP contribution in [0.15, 0.2) is 11.6 Å². The minimum Gasteiger partial charge on any atom is -0.303 e. The van der Waals surface area contributed by atoms with E-state index in [4.69, 9.17) is 0 Å². The second-order valence-corrected chi connectivity index (χ2v) is 3.74. The van der Waals surface area contributed by atoms with Crippen LogP contribution in [-0.4, -0.2) is 6.29 Å². The zero-order valence-corrected chi connectivity index (χ0v) is 7.50.